The summed E-state index contributed by atoms with van der Waals surface area (Å²) in [6.07, 6.45) is 1.77. The Bertz CT molecular complexity index is 604. The molecule has 7 heteroatoms. The van der Waals surface area contributed by atoms with Crippen LogP contribution in [0.5, 0.6) is 0 Å². The molecule has 1 aliphatic heterocycles. The van der Waals surface area contributed by atoms with E-state index in [9.17, 15) is 8.42 Å². The molecule has 1 N–H and O–H groups in total. The second-order valence-corrected chi connectivity index (χ2v) is 8.97. The molecule has 1 aromatic rings. The molecule has 2 rings (SSSR count). The molecule has 1 atom stereocenters. The van der Waals surface area contributed by atoms with Crippen molar-refractivity contribution in [1.29, 1.82) is 0 Å². The third kappa shape index (κ3) is 4.40. The molecule has 0 spiro atoms. The van der Waals surface area contributed by atoms with Gasteiger partial charge in [0.15, 0.2) is 9.84 Å². The molecule has 118 valence electrons. The normalized spacial score (nSPS) is 21.8. The highest BCUT2D eigenvalue weighted by molar-refractivity contribution is 9.10. The summed E-state index contributed by atoms with van der Waals surface area (Å²) in [6, 6.07) is 2.39. The number of hydrogen-bond acceptors (Lipinski definition) is 5. The number of aromatic nitrogens is 1. The number of sulfone groups is 1. The molecule has 1 aliphatic rings. The maximum atomic E-state index is 11.7. The van der Waals surface area contributed by atoms with Gasteiger partial charge in [-0.05, 0) is 28.9 Å². The van der Waals surface area contributed by atoms with E-state index in [1.54, 1.807) is 6.20 Å². The van der Waals surface area contributed by atoms with Crippen LogP contribution in [-0.4, -0.2) is 43.5 Å². The lowest BCUT2D eigenvalue weighted by atomic mass is 10.2. The van der Waals surface area contributed by atoms with Crippen LogP contribution in [0.25, 0.3) is 0 Å². The number of halogens is 1. The molecule has 21 heavy (non-hydrogen) atoms. The van der Waals surface area contributed by atoms with Crippen molar-refractivity contribution in [2.75, 3.05) is 23.0 Å². The number of nitrogens with zero attached hydrogens (tertiary/aromatic N) is 2. The molecule has 2 heterocycles. The second-order valence-electron chi connectivity index (χ2n) is 5.83. The lowest BCUT2D eigenvalue weighted by Gasteiger charge is -2.35. The predicted molar refractivity (Wildman–Crippen MR) is 89.4 cm³/mol. The van der Waals surface area contributed by atoms with Gasteiger partial charge in [0, 0.05) is 41.4 Å². The first-order valence-electron chi connectivity index (χ1n) is 7.13. The molecule has 0 radical (unpaired) electrons. The smallest absolute Gasteiger partial charge is 0.154 e. The number of pyridine rings is 1. The molecule has 0 aliphatic carbocycles. The van der Waals surface area contributed by atoms with E-state index >= 15 is 0 Å². The summed E-state index contributed by atoms with van der Waals surface area (Å²) in [6.45, 7) is 7.37. The molecule has 1 unspecified atom stereocenters. The highest BCUT2D eigenvalue weighted by atomic mass is 79.9. The molecule has 0 amide bonds. The maximum Gasteiger partial charge on any atom is 0.154 e. The fourth-order valence-corrected chi connectivity index (χ4v) is 4.43. The van der Waals surface area contributed by atoms with Crippen molar-refractivity contribution in [3.63, 3.8) is 0 Å². The van der Waals surface area contributed by atoms with E-state index in [1.165, 1.54) is 0 Å². The lowest BCUT2D eigenvalue weighted by Crippen LogP contribution is -2.47. The topological polar surface area (TPSA) is 62.3 Å². The Morgan fingerprint density at radius 3 is 2.86 bits per heavy atom. The summed E-state index contributed by atoms with van der Waals surface area (Å²) in [5.41, 5.74) is 1.09. The Balaban J connectivity index is 2.26. The fraction of sp³-hybridized carbons (Fsp3) is 0.643. The van der Waals surface area contributed by atoms with E-state index in [-0.39, 0.29) is 17.5 Å². The summed E-state index contributed by atoms with van der Waals surface area (Å²) in [5.74, 6) is 1.28. The van der Waals surface area contributed by atoms with Gasteiger partial charge in [-0.2, -0.15) is 0 Å². The van der Waals surface area contributed by atoms with E-state index < -0.39 is 9.84 Å². The van der Waals surface area contributed by atoms with Crippen LogP contribution in [-0.2, 0) is 16.4 Å². The molecular weight excluding hydrogens is 354 g/mol. The van der Waals surface area contributed by atoms with E-state index in [4.69, 9.17) is 0 Å². The van der Waals surface area contributed by atoms with Crippen LogP contribution >= 0.6 is 15.9 Å². The van der Waals surface area contributed by atoms with Gasteiger partial charge >= 0.3 is 0 Å². The Morgan fingerprint density at radius 1 is 1.52 bits per heavy atom. The monoisotopic (exact) mass is 375 g/mol. The van der Waals surface area contributed by atoms with E-state index in [1.807, 2.05) is 13.0 Å². The molecule has 0 saturated carbocycles. The highest BCUT2D eigenvalue weighted by Gasteiger charge is 2.30. The van der Waals surface area contributed by atoms with Gasteiger partial charge < -0.3 is 10.2 Å². The van der Waals surface area contributed by atoms with Crippen LogP contribution < -0.4 is 10.2 Å². The Kier molecular flexibility index (Phi) is 5.27. The van der Waals surface area contributed by atoms with Gasteiger partial charge in [-0.15, -0.1) is 0 Å². The van der Waals surface area contributed by atoms with Crippen LogP contribution in [0, 0.1) is 0 Å². The van der Waals surface area contributed by atoms with Crippen LogP contribution in [0.15, 0.2) is 16.7 Å². The fourth-order valence-electron chi connectivity index (χ4n) is 2.49. The molecule has 1 saturated heterocycles. The lowest BCUT2D eigenvalue weighted by molar-refractivity contribution is 0.562. The zero-order valence-corrected chi connectivity index (χ0v) is 15.0. The van der Waals surface area contributed by atoms with Crippen LogP contribution in [0.3, 0.4) is 0 Å². The first-order valence-corrected chi connectivity index (χ1v) is 9.75. The first kappa shape index (κ1) is 16.7. The molecular formula is C14H22BrN3O2S. The summed E-state index contributed by atoms with van der Waals surface area (Å²) >= 11 is 3.46. The summed E-state index contributed by atoms with van der Waals surface area (Å²) in [5, 5.41) is 3.39. The number of hydrogen-bond donors (Lipinski definition) is 1. The molecule has 5 nitrogen and oxygen atoms in total. The van der Waals surface area contributed by atoms with Gasteiger partial charge in [-0.1, -0.05) is 13.8 Å². The number of anilines is 1. The van der Waals surface area contributed by atoms with Crippen molar-refractivity contribution >= 4 is 31.6 Å². The number of nitrogens with one attached hydrogen (secondary N) is 1. The summed E-state index contributed by atoms with van der Waals surface area (Å²) < 4.78 is 24.4. The Hall–Kier alpha value is -0.660. The quantitative estimate of drug-likeness (QED) is 0.871. The molecule has 0 aromatic carbocycles. The minimum atomic E-state index is -2.91. The van der Waals surface area contributed by atoms with Gasteiger partial charge in [-0.25, -0.2) is 13.4 Å². The average Bonchev–Trinajstić information content (AvgIpc) is 2.36. The van der Waals surface area contributed by atoms with Gasteiger partial charge in [0.2, 0.25) is 0 Å². The zero-order valence-electron chi connectivity index (χ0n) is 12.6. The van der Waals surface area contributed by atoms with Crippen molar-refractivity contribution in [3.05, 3.63) is 22.3 Å². The highest BCUT2D eigenvalue weighted by Crippen LogP contribution is 2.26. The largest absolute Gasteiger partial charge is 0.352 e. The zero-order chi connectivity index (χ0) is 15.6. The number of rotatable bonds is 4. The van der Waals surface area contributed by atoms with E-state index in [0.717, 1.165) is 22.4 Å². The van der Waals surface area contributed by atoms with Gasteiger partial charge in [-0.3, -0.25) is 0 Å². The van der Waals surface area contributed by atoms with E-state index in [0.29, 0.717) is 12.6 Å². The standard InChI is InChI=1S/C14H22BrN3O2S/c1-10(2)16-7-12-6-13(15)8-17-14(12)18-4-5-21(19,20)9-11(18)3/h6,8,10-11,16H,4-5,7,9H2,1-3H3. The minimum Gasteiger partial charge on any atom is -0.352 e. The maximum absolute atomic E-state index is 11.7. The Labute approximate surface area is 135 Å². The minimum absolute atomic E-state index is 0.0461. The third-order valence-electron chi connectivity index (χ3n) is 3.55. The average molecular weight is 376 g/mol. The van der Waals surface area contributed by atoms with Gasteiger partial charge in [0.25, 0.3) is 0 Å². The van der Waals surface area contributed by atoms with Crippen molar-refractivity contribution in [2.24, 2.45) is 0 Å². The predicted octanol–water partition coefficient (Wildman–Crippen LogP) is 1.97. The van der Waals surface area contributed by atoms with Crippen LogP contribution in [0.1, 0.15) is 26.3 Å². The van der Waals surface area contributed by atoms with Crippen LogP contribution in [0.2, 0.25) is 0 Å². The first-order chi connectivity index (χ1) is 9.78. The second kappa shape index (κ2) is 6.62. The molecule has 1 fully saturated rings. The van der Waals surface area contributed by atoms with Crippen molar-refractivity contribution in [2.45, 2.75) is 39.4 Å². The molecule has 0 bridgehead atoms. The Morgan fingerprint density at radius 2 is 2.24 bits per heavy atom. The summed E-state index contributed by atoms with van der Waals surface area (Å²) in [4.78, 5) is 6.62. The van der Waals surface area contributed by atoms with Crippen molar-refractivity contribution < 1.29 is 8.42 Å². The van der Waals surface area contributed by atoms with E-state index in [2.05, 4.69) is 45.0 Å². The van der Waals surface area contributed by atoms with Crippen molar-refractivity contribution in [3.8, 4) is 0 Å². The molecule has 1 aromatic heterocycles. The van der Waals surface area contributed by atoms with Gasteiger partial charge in [0.05, 0.1) is 11.5 Å². The van der Waals surface area contributed by atoms with Crippen molar-refractivity contribution in [1.82, 2.24) is 10.3 Å². The SMILES string of the molecule is CC(C)NCc1cc(Br)cnc1N1CCS(=O)(=O)CC1C. The van der Waals surface area contributed by atoms with Gasteiger partial charge in [0.1, 0.15) is 5.82 Å². The summed E-state index contributed by atoms with van der Waals surface area (Å²) in [7, 11) is -2.91. The van der Waals surface area contributed by atoms with Crippen LogP contribution in [0.4, 0.5) is 5.82 Å². The third-order valence-corrected chi connectivity index (χ3v) is 5.78.